The molecule has 0 saturated carbocycles. The number of nitrogens with zero attached hydrogens (tertiary/aromatic N) is 1. The Balaban J connectivity index is 1.30. The fourth-order valence-electron chi connectivity index (χ4n) is 7.13. The first kappa shape index (κ1) is 45.0. The zero-order valence-electron chi connectivity index (χ0n) is 33.0. The van der Waals surface area contributed by atoms with Crippen LogP contribution in [0.25, 0.3) is 10.8 Å². The number of carbonyl (C=O) groups excluding carboxylic acids is 5. The highest BCUT2D eigenvalue weighted by atomic mass is 31.2. The standard InChI is InChI=1S/C43H50N5O11P/c44-37(49)26-36(40(53)45-20-6-9-29-16-17-33-10-4-5-11-34(33)23-29)46-41(54)43(18-21-48(22-19-43)42(55)59-27-31-7-2-1-3-8-31)47-39(52)35(25-38(50)51)24-30-12-14-32(15-13-30)28-60(56,57)58/h1-5,7-8,10-17,23,35-36H,6,9,18-22,24-28H2,(H2,44,49)(H,45,53)(H,46,54)(H,47,52)(H,50,51)(H2,56,57,58)/t35-,36+/m1/s1. The van der Waals surface area contributed by atoms with Crippen molar-refractivity contribution in [2.24, 2.45) is 11.7 Å². The van der Waals surface area contributed by atoms with E-state index in [0.29, 0.717) is 24.0 Å². The molecule has 1 aliphatic rings. The van der Waals surface area contributed by atoms with Gasteiger partial charge < -0.3 is 46.2 Å². The van der Waals surface area contributed by atoms with Crippen LogP contribution in [0.1, 0.15) is 54.4 Å². The molecular weight excluding hydrogens is 793 g/mol. The van der Waals surface area contributed by atoms with Crippen LogP contribution in [0.2, 0.25) is 0 Å². The van der Waals surface area contributed by atoms with Crippen molar-refractivity contribution >= 4 is 54.1 Å². The van der Waals surface area contributed by atoms with Gasteiger partial charge in [0.05, 0.1) is 24.9 Å². The minimum atomic E-state index is -4.35. The van der Waals surface area contributed by atoms with E-state index in [1.807, 2.05) is 42.5 Å². The second-order valence-electron chi connectivity index (χ2n) is 15.0. The molecule has 4 aromatic carbocycles. The summed E-state index contributed by atoms with van der Waals surface area (Å²) in [6.45, 7) is 0.0958. The van der Waals surface area contributed by atoms with Gasteiger partial charge in [-0.1, -0.05) is 97.1 Å². The number of rotatable bonds is 19. The first-order valence-electron chi connectivity index (χ1n) is 19.6. The molecule has 60 heavy (non-hydrogen) atoms. The fourth-order valence-corrected chi connectivity index (χ4v) is 7.81. The van der Waals surface area contributed by atoms with E-state index < -0.39 is 79.8 Å². The van der Waals surface area contributed by atoms with E-state index in [9.17, 15) is 48.2 Å². The van der Waals surface area contributed by atoms with Crippen LogP contribution < -0.4 is 21.7 Å². The van der Waals surface area contributed by atoms with Crippen LogP contribution >= 0.6 is 7.60 Å². The number of aryl methyl sites for hydroxylation is 1. The molecule has 0 aliphatic carbocycles. The van der Waals surface area contributed by atoms with Gasteiger partial charge in [0, 0.05) is 19.6 Å². The summed E-state index contributed by atoms with van der Waals surface area (Å²) in [6, 6.07) is 27.7. The topological polar surface area (TPSA) is 255 Å². The molecule has 318 valence electrons. The number of ether oxygens (including phenoxy) is 1. The van der Waals surface area contributed by atoms with E-state index in [1.54, 1.807) is 24.3 Å². The number of primary amides is 1. The fraction of sp³-hybridized carbons (Fsp3) is 0.349. The summed E-state index contributed by atoms with van der Waals surface area (Å²) in [5, 5.41) is 20.1. The van der Waals surface area contributed by atoms with Crippen molar-refractivity contribution in [1.82, 2.24) is 20.9 Å². The smallest absolute Gasteiger partial charge is 0.410 e. The molecule has 8 N–H and O–H groups in total. The van der Waals surface area contributed by atoms with E-state index >= 15 is 0 Å². The second-order valence-corrected chi connectivity index (χ2v) is 16.7. The molecule has 4 aromatic rings. The molecule has 1 saturated heterocycles. The monoisotopic (exact) mass is 843 g/mol. The average Bonchev–Trinajstić information content (AvgIpc) is 3.21. The highest BCUT2D eigenvalue weighted by Gasteiger charge is 2.46. The van der Waals surface area contributed by atoms with Crippen LogP contribution in [-0.4, -0.2) is 86.7 Å². The van der Waals surface area contributed by atoms with Gasteiger partial charge in [-0.25, -0.2) is 4.79 Å². The maximum Gasteiger partial charge on any atom is 0.410 e. The van der Waals surface area contributed by atoms with Gasteiger partial charge in [-0.15, -0.1) is 0 Å². The number of hydrogen-bond donors (Lipinski definition) is 7. The Morgan fingerprint density at radius 1 is 0.783 bits per heavy atom. The minimum absolute atomic E-state index is 0.00185. The first-order chi connectivity index (χ1) is 28.6. The number of carbonyl (C=O) groups is 6. The van der Waals surface area contributed by atoms with Gasteiger partial charge in [0.25, 0.3) is 0 Å². The number of carboxylic acids is 1. The summed E-state index contributed by atoms with van der Waals surface area (Å²) in [7, 11) is -4.35. The molecule has 0 bridgehead atoms. The number of likely N-dealkylation sites (tertiary alicyclic amines) is 1. The Bertz CT molecular complexity index is 2210. The van der Waals surface area contributed by atoms with Crippen LogP contribution in [0.4, 0.5) is 4.79 Å². The van der Waals surface area contributed by atoms with Gasteiger partial charge in [-0.3, -0.25) is 28.5 Å². The summed E-state index contributed by atoms with van der Waals surface area (Å²) >= 11 is 0. The lowest BCUT2D eigenvalue weighted by molar-refractivity contribution is -0.143. The van der Waals surface area contributed by atoms with Crippen LogP contribution in [0.3, 0.4) is 0 Å². The molecule has 1 heterocycles. The van der Waals surface area contributed by atoms with Crippen LogP contribution in [0.5, 0.6) is 0 Å². The van der Waals surface area contributed by atoms with Crippen molar-refractivity contribution in [2.45, 2.75) is 69.3 Å². The molecule has 0 unspecified atom stereocenters. The van der Waals surface area contributed by atoms with Gasteiger partial charge in [0.15, 0.2) is 0 Å². The van der Waals surface area contributed by atoms with Crippen molar-refractivity contribution in [2.75, 3.05) is 19.6 Å². The third-order valence-electron chi connectivity index (χ3n) is 10.3. The second kappa shape index (κ2) is 20.7. The Kier molecular flexibility index (Phi) is 15.6. The number of nitrogens with one attached hydrogen (secondary N) is 3. The molecule has 16 nitrogen and oxygen atoms in total. The number of carboxylic acid groups (broad SMARTS) is 1. The van der Waals surface area contributed by atoms with Crippen molar-refractivity contribution in [3.05, 3.63) is 119 Å². The molecule has 5 amide bonds. The highest BCUT2D eigenvalue weighted by Crippen LogP contribution is 2.39. The molecule has 1 aliphatic heterocycles. The van der Waals surface area contributed by atoms with E-state index in [4.69, 9.17) is 10.5 Å². The van der Waals surface area contributed by atoms with Crippen molar-refractivity contribution in [3.63, 3.8) is 0 Å². The Morgan fingerprint density at radius 3 is 2.07 bits per heavy atom. The first-order valence-corrected chi connectivity index (χ1v) is 21.4. The van der Waals surface area contributed by atoms with E-state index in [-0.39, 0.29) is 45.5 Å². The van der Waals surface area contributed by atoms with E-state index in [0.717, 1.165) is 21.9 Å². The van der Waals surface area contributed by atoms with Gasteiger partial charge in [-0.2, -0.15) is 0 Å². The number of amides is 5. The summed E-state index contributed by atoms with van der Waals surface area (Å²) in [5.74, 6) is -5.66. The maximum atomic E-state index is 14.3. The van der Waals surface area contributed by atoms with Gasteiger partial charge in [-0.05, 0) is 65.1 Å². The minimum Gasteiger partial charge on any atom is -0.481 e. The summed E-state index contributed by atoms with van der Waals surface area (Å²) in [6.07, 6.45) is -1.55. The quantitative estimate of drug-likeness (QED) is 0.0531. The van der Waals surface area contributed by atoms with Crippen molar-refractivity contribution in [3.8, 4) is 0 Å². The molecule has 5 rings (SSSR count). The molecule has 0 spiro atoms. The van der Waals surface area contributed by atoms with Gasteiger partial charge in [0.1, 0.15) is 18.2 Å². The Labute approximate surface area is 347 Å². The summed E-state index contributed by atoms with van der Waals surface area (Å²) in [5.41, 5.74) is 6.41. The lowest BCUT2D eigenvalue weighted by atomic mass is 9.84. The number of aliphatic carboxylic acids is 1. The molecule has 0 radical (unpaired) electrons. The molecular formula is C43H50N5O11P. The van der Waals surface area contributed by atoms with Crippen LogP contribution in [-0.2, 0) is 58.9 Å². The SMILES string of the molecule is NC(=O)C[C@H](NC(=O)C1(NC(=O)[C@@H](CC(=O)O)Cc2ccc(CP(=O)(O)O)cc2)CCN(C(=O)OCc2ccccc2)CC1)C(=O)NCCCc1ccc2ccccc2c1. The number of piperidine rings is 1. The van der Waals surface area contributed by atoms with Crippen molar-refractivity contribution < 1.29 is 53.0 Å². The van der Waals surface area contributed by atoms with Crippen molar-refractivity contribution in [1.29, 1.82) is 0 Å². The predicted molar refractivity (Wildman–Crippen MR) is 221 cm³/mol. The third-order valence-corrected chi connectivity index (χ3v) is 11.1. The molecule has 2 atom stereocenters. The number of hydrogen-bond acceptors (Lipinski definition) is 8. The zero-order chi connectivity index (χ0) is 43.3. The van der Waals surface area contributed by atoms with Gasteiger partial charge >= 0.3 is 19.7 Å². The summed E-state index contributed by atoms with van der Waals surface area (Å²) in [4.78, 5) is 99.1. The summed E-state index contributed by atoms with van der Waals surface area (Å²) < 4.78 is 16.9. The average molecular weight is 844 g/mol. The molecule has 0 aromatic heterocycles. The number of nitrogens with two attached hydrogens (primary N) is 1. The lowest BCUT2D eigenvalue weighted by Gasteiger charge is -2.41. The Hall–Kier alpha value is -6.09. The zero-order valence-corrected chi connectivity index (χ0v) is 33.9. The predicted octanol–water partition coefficient (Wildman–Crippen LogP) is 3.55. The number of benzene rings is 4. The van der Waals surface area contributed by atoms with Crippen LogP contribution in [0, 0.1) is 5.92 Å². The normalized spacial score (nSPS) is 14.7. The Morgan fingerprint density at radius 2 is 1.42 bits per heavy atom. The number of fused-ring (bicyclic) bond motifs is 1. The molecule has 17 heteroatoms. The van der Waals surface area contributed by atoms with E-state index in [1.165, 1.54) is 29.2 Å². The maximum absolute atomic E-state index is 14.3. The lowest BCUT2D eigenvalue weighted by Crippen LogP contribution is -2.66. The highest BCUT2D eigenvalue weighted by molar-refractivity contribution is 7.50. The van der Waals surface area contributed by atoms with Gasteiger partial charge in [0.2, 0.25) is 23.6 Å². The largest absolute Gasteiger partial charge is 0.481 e. The van der Waals surface area contributed by atoms with E-state index in [2.05, 4.69) is 22.0 Å². The van der Waals surface area contributed by atoms with Crippen LogP contribution in [0.15, 0.2) is 97.1 Å². The molecule has 1 fully saturated rings. The third kappa shape index (κ3) is 13.5.